The van der Waals surface area contributed by atoms with Gasteiger partial charge in [-0.05, 0) is 32.0 Å². The van der Waals surface area contributed by atoms with Crippen LogP contribution in [-0.2, 0) is 0 Å². The second-order valence-corrected chi connectivity index (χ2v) is 7.51. The van der Waals surface area contributed by atoms with Crippen molar-refractivity contribution in [3.8, 4) is 11.3 Å². The Morgan fingerprint density at radius 1 is 1.28 bits per heavy atom. The van der Waals surface area contributed by atoms with Gasteiger partial charge in [0.15, 0.2) is 0 Å². The molecule has 1 aliphatic heterocycles. The van der Waals surface area contributed by atoms with Gasteiger partial charge in [0, 0.05) is 16.9 Å². The van der Waals surface area contributed by atoms with E-state index in [2.05, 4.69) is 10.7 Å². The molecule has 1 fully saturated rings. The minimum absolute atomic E-state index is 0.595. The van der Waals surface area contributed by atoms with Crippen LogP contribution in [0.25, 0.3) is 11.3 Å². The number of piperidine rings is 1. The fourth-order valence-electron chi connectivity index (χ4n) is 2.18. The predicted molar refractivity (Wildman–Crippen MR) is 80.3 cm³/mol. The zero-order valence-corrected chi connectivity index (χ0v) is 12.7. The van der Waals surface area contributed by atoms with Crippen molar-refractivity contribution in [2.24, 2.45) is 0 Å². The summed E-state index contributed by atoms with van der Waals surface area (Å²) in [6, 6.07) is 1.90. The molecule has 0 spiro atoms. The summed E-state index contributed by atoms with van der Waals surface area (Å²) in [7, 11) is 0. The Bertz CT molecular complexity index is 544. The van der Waals surface area contributed by atoms with Gasteiger partial charge in [-0.1, -0.05) is 23.2 Å². The number of nitrogens with one attached hydrogen (secondary N) is 1. The molecule has 2 nitrogen and oxygen atoms in total. The molecule has 3 heterocycles. The molecule has 0 radical (unpaired) electrons. The molecule has 0 saturated carbocycles. The quantitative estimate of drug-likeness (QED) is 0.872. The van der Waals surface area contributed by atoms with Crippen LogP contribution in [0.4, 0.5) is 0 Å². The van der Waals surface area contributed by atoms with Crippen molar-refractivity contribution in [3.05, 3.63) is 25.1 Å². The van der Waals surface area contributed by atoms with Crippen LogP contribution in [-0.4, -0.2) is 18.1 Å². The van der Waals surface area contributed by atoms with Gasteiger partial charge >= 0.3 is 0 Å². The second-order valence-electron chi connectivity index (χ2n) is 4.33. The maximum Gasteiger partial charge on any atom is 0.104 e. The summed E-state index contributed by atoms with van der Waals surface area (Å²) in [5.74, 6) is 0.595. The van der Waals surface area contributed by atoms with E-state index in [9.17, 15) is 0 Å². The van der Waals surface area contributed by atoms with Crippen LogP contribution in [0, 0.1) is 0 Å². The Balaban J connectivity index is 1.86. The van der Waals surface area contributed by atoms with Crippen molar-refractivity contribution in [3.63, 3.8) is 0 Å². The normalized spacial score (nSPS) is 17.2. The molecule has 0 aliphatic carbocycles. The number of aromatic nitrogens is 1. The third-order valence-corrected chi connectivity index (χ3v) is 5.64. The maximum atomic E-state index is 6.16. The molecule has 0 aromatic carbocycles. The molecule has 1 aliphatic rings. The average molecular weight is 319 g/mol. The van der Waals surface area contributed by atoms with Gasteiger partial charge in [-0.3, -0.25) is 0 Å². The van der Waals surface area contributed by atoms with Crippen LogP contribution in [0.2, 0.25) is 8.67 Å². The number of halogens is 2. The van der Waals surface area contributed by atoms with Gasteiger partial charge in [-0.2, -0.15) is 0 Å². The van der Waals surface area contributed by atoms with Crippen molar-refractivity contribution in [1.82, 2.24) is 10.3 Å². The third kappa shape index (κ3) is 2.58. The van der Waals surface area contributed by atoms with E-state index >= 15 is 0 Å². The Hall–Kier alpha value is -0.130. The van der Waals surface area contributed by atoms with E-state index in [1.165, 1.54) is 29.2 Å². The molecule has 1 N–H and O–H groups in total. The minimum Gasteiger partial charge on any atom is -0.317 e. The Morgan fingerprint density at radius 3 is 2.72 bits per heavy atom. The van der Waals surface area contributed by atoms with Crippen molar-refractivity contribution >= 4 is 45.9 Å². The molecule has 0 amide bonds. The first-order valence-electron chi connectivity index (χ1n) is 5.85. The lowest BCUT2D eigenvalue weighted by atomic mass is 9.99. The number of thiazole rings is 1. The van der Waals surface area contributed by atoms with E-state index in [1.807, 2.05) is 6.07 Å². The van der Waals surface area contributed by atoms with E-state index in [0.29, 0.717) is 10.3 Å². The standard InChI is InChI=1S/C12H12Cl2N2S2/c13-10-5-8(11(14)18-10)9-6-17-12(16-9)7-1-3-15-4-2-7/h5-7,15H,1-4H2. The summed E-state index contributed by atoms with van der Waals surface area (Å²) in [6.07, 6.45) is 2.34. The monoisotopic (exact) mass is 318 g/mol. The molecule has 3 rings (SSSR count). The first kappa shape index (κ1) is 12.9. The second kappa shape index (κ2) is 5.47. The Kier molecular flexibility index (Phi) is 3.91. The van der Waals surface area contributed by atoms with E-state index in [-0.39, 0.29) is 0 Å². The van der Waals surface area contributed by atoms with E-state index < -0.39 is 0 Å². The molecule has 1 saturated heterocycles. The lowest BCUT2D eigenvalue weighted by Crippen LogP contribution is -2.26. The topological polar surface area (TPSA) is 24.9 Å². The average Bonchev–Trinajstić information content (AvgIpc) is 2.97. The molecule has 0 bridgehead atoms. The van der Waals surface area contributed by atoms with Crippen LogP contribution in [0.3, 0.4) is 0 Å². The minimum atomic E-state index is 0.595. The van der Waals surface area contributed by atoms with Gasteiger partial charge in [0.1, 0.15) is 4.34 Å². The van der Waals surface area contributed by atoms with Gasteiger partial charge in [0.05, 0.1) is 15.0 Å². The zero-order valence-electron chi connectivity index (χ0n) is 9.58. The van der Waals surface area contributed by atoms with E-state index in [1.54, 1.807) is 11.3 Å². The Labute approximate surface area is 124 Å². The Morgan fingerprint density at radius 2 is 2.06 bits per heavy atom. The van der Waals surface area contributed by atoms with Gasteiger partial charge < -0.3 is 5.32 Å². The zero-order chi connectivity index (χ0) is 12.5. The summed E-state index contributed by atoms with van der Waals surface area (Å²) >= 11 is 15.3. The highest BCUT2D eigenvalue weighted by atomic mass is 35.5. The van der Waals surface area contributed by atoms with Crippen molar-refractivity contribution in [2.75, 3.05) is 13.1 Å². The lowest BCUT2D eigenvalue weighted by Gasteiger charge is -2.20. The van der Waals surface area contributed by atoms with Crippen LogP contribution in [0.15, 0.2) is 11.4 Å². The number of rotatable bonds is 2. The van der Waals surface area contributed by atoms with Crippen molar-refractivity contribution in [1.29, 1.82) is 0 Å². The van der Waals surface area contributed by atoms with Gasteiger partial charge in [-0.25, -0.2) is 4.98 Å². The molecular formula is C12H12Cl2N2S2. The third-order valence-electron chi connectivity index (χ3n) is 3.14. The first-order chi connectivity index (χ1) is 8.74. The van der Waals surface area contributed by atoms with Crippen LogP contribution >= 0.6 is 45.9 Å². The summed E-state index contributed by atoms with van der Waals surface area (Å²) < 4.78 is 1.44. The highest BCUT2D eigenvalue weighted by Gasteiger charge is 2.19. The number of thiophene rings is 1. The van der Waals surface area contributed by atoms with E-state index in [0.717, 1.165) is 28.7 Å². The summed E-state index contributed by atoms with van der Waals surface area (Å²) in [4.78, 5) is 4.73. The first-order valence-corrected chi connectivity index (χ1v) is 8.30. The molecule has 96 valence electrons. The molecule has 0 atom stereocenters. The maximum absolute atomic E-state index is 6.16. The summed E-state index contributed by atoms with van der Waals surface area (Å²) in [5, 5.41) is 6.69. The highest BCUT2D eigenvalue weighted by Crippen LogP contribution is 2.39. The van der Waals surface area contributed by atoms with Gasteiger partial charge in [0.25, 0.3) is 0 Å². The number of hydrogen-bond acceptors (Lipinski definition) is 4. The molecule has 2 aromatic rings. The van der Waals surface area contributed by atoms with Crippen molar-refractivity contribution in [2.45, 2.75) is 18.8 Å². The molecule has 18 heavy (non-hydrogen) atoms. The number of nitrogens with zero attached hydrogens (tertiary/aromatic N) is 1. The fourth-order valence-corrected chi connectivity index (χ4v) is 4.66. The molecular weight excluding hydrogens is 307 g/mol. The van der Waals surface area contributed by atoms with Gasteiger partial charge in [0.2, 0.25) is 0 Å². The molecule has 0 unspecified atom stereocenters. The SMILES string of the molecule is Clc1cc(-c2csc(C3CCNCC3)n2)c(Cl)s1. The van der Waals surface area contributed by atoms with Gasteiger partial charge in [-0.15, -0.1) is 22.7 Å². The fraction of sp³-hybridized carbons (Fsp3) is 0.417. The van der Waals surface area contributed by atoms with Crippen LogP contribution < -0.4 is 5.32 Å². The largest absolute Gasteiger partial charge is 0.317 e. The van der Waals surface area contributed by atoms with Crippen molar-refractivity contribution < 1.29 is 0 Å². The van der Waals surface area contributed by atoms with E-state index in [4.69, 9.17) is 28.2 Å². The van der Waals surface area contributed by atoms with Crippen LogP contribution in [0.1, 0.15) is 23.8 Å². The summed E-state index contributed by atoms with van der Waals surface area (Å²) in [5.41, 5.74) is 1.92. The predicted octanol–water partition coefficient (Wildman–Crippen LogP) is 4.65. The summed E-state index contributed by atoms with van der Waals surface area (Å²) in [6.45, 7) is 2.18. The highest BCUT2D eigenvalue weighted by molar-refractivity contribution is 7.20. The molecule has 6 heteroatoms. The van der Waals surface area contributed by atoms with Crippen LogP contribution in [0.5, 0.6) is 0 Å². The molecule has 2 aromatic heterocycles. The lowest BCUT2D eigenvalue weighted by molar-refractivity contribution is 0.459. The number of hydrogen-bond donors (Lipinski definition) is 1. The smallest absolute Gasteiger partial charge is 0.104 e.